The third-order valence-electron chi connectivity index (χ3n) is 13.1. The molecule has 0 N–H and O–H groups in total. The van der Waals surface area contributed by atoms with Crippen molar-refractivity contribution in [3.8, 4) is 0 Å². The molecule has 0 saturated carbocycles. The van der Waals surface area contributed by atoms with Gasteiger partial charge in [0.05, 0.1) is 27.7 Å². The minimum Gasteiger partial charge on any atom is -0.756 e. The van der Waals surface area contributed by atoms with Crippen LogP contribution < -0.4 is 4.89 Å². The minimum absolute atomic E-state index is 0.0354. The average Bonchev–Trinajstić information content (AvgIpc) is 3.38. The molecule has 10 heteroatoms. The maximum atomic E-state index is 12.8. The molecule has 0 aromatic heterocycles. The molecule has 2 atom stereocenters. The van der Waals surface area contributed by atoms with E-state index < -0.39 is 32.5 Å². The van der Waals surface area contributed by atoms with Gasteiger partial charge in [-0.2, -0.15) is 0 Å². The monoisotopic (exact) mass is 1080 g/mol. The van der Waals surface area contributed by atoms with Crippen molar-refractivity contribution in [2.75, 3.05) is 47.5 Å². The Morgan fingerprint density at radius 1 is 0.421 bits per heavy atom. The van der Waals surface area contributed by atoms with E-state index in [0.717, 1.165) is 96.3 Å². The van der Waals surface area contributed by atoms with Crippen LogP contribution in [-0.4, -0.2) is 70.0 Å². The second-order valence-electron chi connectivity index (χ2n) is 21.7. The second kappa shape index (κ2) is 56.6. The van der Waals surface area contributed by atoms with Crippen molar-refractivity contribution < 1.29 is 42.1 Å². The smallest absolute Gasteiger partial charge is 0.306 e. The van der Waals surface area contributed by atoms with Gasteiger partial charge in [-0.25, -0.2) is 0 Å². The third-order valence-corrected chi connectivity index (χ3v) is 14.1. The number of unbranched alkanes of at least 4 members (excludes halogenated alkanes) is 26. The molecule has 0 aliphatic carbocycles. The summed E-state index contributed by atoms with van der Waals surface area (Å²) in [5, 5.41) is 0. The molecule has 0 heterocycles. The normalized spacial score (nSPS) is 13.9. The van der Waals surface area contributed by atoms with Crippen molar-refractivity contribution in [1.82, 2.24) is 0 Å². The van der Waals surface area contributed by atoms with Crippen molar-refractivity contribution in [3.63, 3.8) is 0 Å². The Hall–Kier alpha value is -3.07. The summed E-state index contributed by atoms with van der Waals surface area (Å²) >= 11 is 0. The maximum absolute atomic E-state index is 12.8. The standard InChI is InChI=1S/C66H116NO8P/c1-6-8-10-12-14-16-18-20-22-23-24-25-26-27-28-29-30-31-32-33-34-35-36-37-38-39-40-41-42-43-45-47-49-51-53-55-57-59-66(69)75-64(63-74-76(70,71)73-61-60-67(3,4)5)62-72-65(68)58-56-54-52-50-48-46-44-21-19-17-15-13-11-9-7-2/h8,10,14-17,20-22,24-25,27-28,30-31,44,64H,6-7,9,11-13,18-19,23,26,29,32-43,45-63H2,1-5H3/b10-8-,16-14-,17-15-,22-20-,25-24-,28-27-,31-30-,44-21-. The van der Waals surface area contributed by atoms with Gasteiger partial charge in [0.1, 0.15) is 19.8 Å². The summed E-state index contributed by atoms with van der Waals surface area (Å²) in [4.78, 5) is 37.8. The molecule has 76 heavy (non-hydrogen) atoms. The topological polar surface area (TPSA) is 111 Å². The Morgan fingerprint density at radius 2 is 0.750 bits per heavy atom. The summed E-state index contributed by atoms with van der Waals surface area (Å²) in [5.41, 5.74) is 0. The number of allylic oxidation sites excluding steroid dienone is 16. The van der Waals surface area contributed by atoms with Gasteiger partial charge in [0.25, 0.3) is 7.82 Å². The van der Waals surface area contributed by atoms with Gasteiger partial charge in [-0.1, -0.05) is 246 Å². The number of quaternary nitrogens is 1. The van der Waals surface area contributed by atoms with E-state index in [1.807, 2.05) is 21.1 Å². The molecule has 0 aromatic carbocycles. The number of rotatable bonds is 56. The predicted molar refractivity (Wildman–Crippen MR) is 323 cm³/mol. The summed E-state index contributed by atoms with van der Waals surface area (Å²) in [6.45, 7) is 4.09. The van der Waals surface area contributed by atoms with Gasteiger partial charge in [-0.3, -0.25) is 14.2 Å². The lowest BCUT2D eigenvalue weighted by Crippen LogP contribution is -2.37. The van der Waals surface area contributed by atoms with E-state index in [1.165, 1.54) is 122 Å². The molecule has 0 saturated heterocycles. The minimum atomic E-state index is -4.64. The zero-order valence-corrected chi connectivity index (χ0v) is 50.6. The fraction of sp³-hybridized carbons (Fsp3) is 0.727. The van der Waals surface area contributed by atoms with Crippen molar-refractivity contribution >= 4 is 19.8 Å². The fourth-order valence-electron chi connectivity index (χ4n) is 8.34. The molecule has 0 fully saturated rings. The summed E-state index contributed by atoms with van der Waals surface area (Å²) in [5.74, 6) is -0.846. The lowest BCUT2D eigenvalue weighted by Gasteiger charge is -2.28. The molecule has 0 rings (SSSR count). The number of nitrogens with zero attached hydrogens (tertiary/aromatic N) is 1. The number of ether oxygens (including phenoxy) is 2. The van der Waals surface area contributed by atoms with E-state index in [1.54, 1.807) is 0 Å². The Balaban J connectivity index is 4.01. The van der Waals surface area contributed by atoms with E-state index in [0.29, 0.717) is 23.9 Å². The number of carbonyl (C=O) groups is 2. The molecule has 0 spiro atoms. The number of likely N-dealkylation sites (N-methyl/N-ethyl adjacent to an activating group) is 1. The van der Waals surface area contributed by atoms with Crippen LogP contribution in [0, 0.1) is 0 Å². The first-order valence-electron chi connectivity index (χ1n) is 30.9. The molecular weight excluding hydrogens is 966 g/mol. The highest BCUT2D eigenvalue weighted by Crippen LogP contribution is 2.38. The van der Waals surface area contributed by atoms with Gasteiger partial charge in [0, 0.05) is 12.8 Å². The first kappa shape index (κ1) is 72.9. The summed E-state index contributed by atoms with van der Waals surface area (Å²) < 4.78 is 34.1. The van der Waals surface area contributed by atoms with Crippen molar-refractivity contribution in [3.05, 3.63) is 97.2 Å². The van der Waals surface area contributed by atoms with Gasteiger partial charge in [-0.05, 0) is 96.3 Å². The largest absolute Gasteiger partial charge is 0.756 e. The first-order valence-corrected chi connectivity index (χ1v) is 32.4. The van der Waals surface area contributed by atoms with Crippen LogP contribution in [0.1, 0.15) is 258 Å². The lowest BCUT2D eigenvalue weighted by atomic mass is 10.0. The number of carbonyl (C=O) groups excluding carboxylic acids is 2. The lowest BCUT2D eigenvalue weighted by molar-refractivity contribution is -0.870. The van der Waals surface area contributed by atoms with Crippen LogP contribution in [0.4, 0.5) is 0 Å². The molecule has 0 aliphatic heterocycles. The summed E-state index contributed by atoms with van der Waals surface area (Å²) in [6.07, 6.45) is 77.6. The molecule has 0 aliphatic rings. The number of phosphoric ester groups is 1. The van der Waals surface area contributed by atoms with Crippen molar-refractivity contribution in [2.45, 2.75) is 264 Å². The number of hydrogen-bond donors (Lipinski definition) is 0. The molecule has 0 radical (unpaired) electrons. The molecule has 0 amide bonds. The molecular formula is C66H116NO8P. The van der Waals surface area contributed by atoms with Gasteiger partial charge in [0.15, 0.2) is 6.10 Å². The SMILES string of the molecule is CC/C=C\C/C=C\C/C=C\C/C=C\C/C=C\C/C=C\CCCCCCCCCCCCCCCCCCCCC(=O)OC(COC(=O)CCCCCCC/C=C\C/C=C\CCCCC)COP(=O)([O-])OCC[N+](C)(C)C. The van der Waals surface area contributed by atoms with E-state index in [9.17, 15) is 19.0 Å². The predicted octanol–water partition coefficient (Wildman–Crippen LogP) is 19.0. The highest BCUT2D eigenvalue weighted by Gasteiger charge is 2.22. The van der Waals surface area contributed by atoms with E-state index >= 15 is 0 Å². The Labute approximate surface area is 468 Å². The van der Waals surface area contributed by atoms with Crippen molar-refractivity contribution in [2.24, 2.45) is 0 Å². The molecule has 9 nitrogen and oxygen atoms in total. The molecule has 0 aromatic rings. The van der Waals surface area contributed by atoms with Gasteiger partial charge in [-0.15, -0.1) is 0 Å². The Morgan fingerprint density at radius 3 is 1.12 bits per heavy atom. The van der Waals surface area contributed by atoms with Crippen LogP contribution in [-0.2, 0) is 32.7 Å². The van der Waals surface area contributed by atoms with Crippen LogP contribution in [0.5, 0.6) is 0 Å². The van der Waals surface area contributed by atoms with Crippen LogP contribution >= 0.6 is 7.82 Å². The van der Waals surface area contributed by atoms with Gasteiger partial charge < -0.3 is 27.9 Å². The summed E-state index contributed by atoms with van der Waals surface area (Å²) in [6, 6.07) is 0. The highest BCUT2D eigenvalue weighted by molar-refractivity contribution is 7.45. The molecule has 2 unspecified atom stereocenters. The zero-order chi connectivity index (χ0) is 55.6. The number of esters is 2. The van der Waals surface area contributed by atoms with Crippen LogP contribution in [0.2, 0.25) is 0 Å². The van der Waals surface area contributed by atoms with Crippen LogP contribution in [0.3, 0.4) is 0 Å². The fourth-order valence-corrected chi connectivity index (χ4v) is 9.07. The number of hydrogen-bond acceptors (Lipinski definition) is 8. The van der Waals surface area contributed by atoms with E-state index in [2.05, 4.69) is 111 Å². The van der Waals surface area contributed by atoms with Crippen LogP contribution in [0.25, 0.3) is 0 Å². The van der Waals surface area contributed by atoms with E-state index in [4.69, 9.17) is 18.5 Å². The average molecular weight is 1080 g/mol. The highest BCUT2D eigenvalue weighted by atomic mass is 31.2. The summed E-state index contributed by atoms with van der Waals surface area (Å²) in [7, 11) is 1.16. The quantitative estimate of drug-likeness (QED) is 0.0195. The third kappa shape index (κ3) is 60.2. The molecule has 0 bridgehead atoms. The van der Waals surface area contributed by atoms with Gasteiger partial charge in [0.2, 0.25) is 0 Å². The first-order chi connectivity index (χ1) is 37.0. The number of phosphoric acid groups is 1. The van der Waals surface area contributed by atoms with Crippen molar-refractivity contribution in [1.29, 1.82) is 0 Å². The van der Waals surface area contributed by atoms with Gasteiger partial charge >= 0.3 is 11.9 Å². The van der Waals surface area contributed by atoms with E-state index in [-0.39, 0.29) is 26.1 Å². The Bertz CT molecular complexity index is 1600. The molecule has 438 valence electrons. The zero-order valence-electron chi connectivity index (χ0n) is 49.7. The maximum Gasteiger partial charge on any atom is 0.306 e. The second-order valence-corrected chi connectivity index (χ2v) is 23.1. The van der Waals surface area contributed by atoms with Crippen LogP contribution in [0.15, 0.2) is 97.2 Å². The Kier molecular flexibility index (Phi) is 54.4.